The summed E-state index contributed by atoms with van der Waals surface area (Å²) in [6, 6.07) is 7.57. The number of carbonyl (C=O) groups is 1. The minimum Gasteiger partial charge on any atom is -0.493 e. The number of carbonyl (C=O) groups excluding carboxylic acids is 1. The first-order valence-corrected chi connectivity index (χ1v) is 8.30. The SMILES string of the molecule is CCCN(CCC)CC(=O)Nc1ccc(OCC(C)C)cc1. The van der Waals surface area contributed by atoms with Crippen LogP contribution in [0.2, 0.25) is 0 Å². The van der Waals surface area contributed by atoms with Crippen LogP contribution >= 0.6 is 0 Å². The number of hydrogen-bond donors (Lipinski definition) is 1. The highest BCUT2D eigenvalue weighted by Crippen LogP contribution is 2.16. The van der Waals surface area contributed by atoms with E-state index >= 15 is 0 Å². The maximum absolute atomic E-state index is 12.1. The Balaban J connectivity index is 2.46. The number of nitrogens with one attached hydrogen (secondary N) is 1. The van der Waals surface area contributed by atoms with Crippen LogP contribution in [0, 0.1) is 5.92 Å². The number of nitrogens with zero attached hydrogens (tertiary/aromatic N) is 1. The molecule has 0 aromatic heterocycles. The van der Waals surface area contributed by atoms with Gasteiger partial charge in [-0.2, -0.15) is 0 Å². The van der Waals surface area contributed by atoms with Gasteiger partial charge < -0.3 is 10.1 Å². The molecular weight excluding hydrogens is 276 g/mol. The molecule has 4 heteroatoms. The molecule has 4 nitrogen and oxygen atoms in total. The van der Waals surface area contributed by atoms with Crippen molar-refractivity contribution in [3.63, 3.8) is 0 Å². The largest absolute Gasteiger partial charge is 0.493 e. The molecule has 0 spiro atoms. The van der Waals surface area contributed by atoms with Crippen molar-refractivity contribution in [1.29, 1.82) is 0 Å². The first kappa shape index (κ1) is 18.5. The van der Waals surface area contributed by atoms with E-state index in [1.807, 2.05) is 24.3 Å². The van der Waals surface area contributed by atoms with E-state index < -0.39 is 0 Å². The average molecular weight is 306 g/mol. The van der Waals surface area contributed by atoms with E-state index in [9.17, 15) is 4.79 Å². The number of anilines is 1. The lowest BCUT2D eigenvalue weighted by Gasteiger charge is -2.20. The van der Waals surface area contributed by atoms with Crippen molar-refractivity contribution in [3.8, 4) is 5.75 Å². The standard InChI is InChI=1S/C18H30N2O2/c1-5-11-20(12-6-2)13-18(21)19-16-7-9-17(10-8-16)22-14-15(3)4/h7-10,15H,5-6,11-14H2,1-4H3,(H,19,21). The van der Waals surface area contributed by atoms with Crippen LogP contribution in [0.3, 0.4) is 0 Å². The molecule has 0 unspecified atom stereocenters. The summed E-state index contributed by atoms with van der Waals surface area (Å²) < 4.78 is 5.63. The summed E-state index contributed by atoms with van der Waals surface area (Å²) in [6.07, 6.45) is 2.13. The van der Waals surface area contributed by atoms with Crippen LogP contribution in [0.15, 0.2) is 24.3 Å². The molecule has 0 saturated heterocycles. The van der Waals surface area contributed by atoms with Gasteiger partial charge in [0.15, 0.2) is 0 Å². The fourth-order valence-corrected chi connectivity index (χ4v) is 2.20. The van der Waals surface area contributed by atoms with Gasteiger partial charge >= 0.3 is 0 Å². The van der Waals surface area contributed by atoms with Gasteiger partial charge in [-0.1, -0.05) is 27.7 Å². The minimum atomic E-state index is 0.0396. The van der Waals surface area contributed by atoms with Crippen molar-refractivity contribution in [1.82, 2.24) is 4.90 Å². The highest BCUT2D eigenvalue weighted by Gasteiger charge is 2.09. The fraction of sp³-hybridized carbons (Fsp3) is 0.611. The third-order valence-corrected chi connectivity index (χ3v) is 3.17. The average Bonchev–Trinajstić information content (AvgIpc) is 2.47. The highest BCUT2D eigenvalue weighted by molar-refractivity contribution is 5.92. The molecule has 0 radical (unpaired) electrons. The lowest BCUT2D eigenvalue weighted by Crippen LogP contribution is -2.34. The molecule has 1 aromatic rings. The van der Waals surface area contributed by atoms with Gasteiger partial charge in [-0.3, -0.25) is 9.69 Å². The van der Waals surface area contributed by atoms with Crippen LogP contribution in [0.1, 0.15) is 40.5 Å². The van der Waals surface area contributed by atoms with Crippen LogP contribution in [0.4, 0.5) is 5.69 Å². The van der Waals surface area contributed by atoms with Gasteiger partial charge in [0.2, 0.25) is 5.91 Å². The highest BCUT2D eigenvalue weighted by atomic mass is 16.5. The second kappa shape index (κ2) is 10.2. The van der Waals surface area contributed by atoms with E-state index in [0.717, 1.165) is 37.4 Å². The zero-order valence-corrected chi connectivity index (χ0v) is 14.4. The van der Waals surface area contributed by atoms with E-state index in [0.29, 0.717) is 19.1 Å². The molecular formula is C18H30N2O2. The summed E-state index contributed by atoms with van der Waals surface area (Å²) in [6.45, 7) is 11.6. The van der Waals surface area contributed by atoms with Gasteiger partial charge in [0.1, 0.15) is 5.75 Å². The zero-order valence-electron chi connectivity index (χ0n) is 14.4. The number of benzene rings is 1. The first-order chi connectivity index (χ1) is 10.5. The Morgan fingerprint density at radius 2 is 1.73 bits per heavy atom. The topological polar surface area (TPSA) is 41.6 Å². The van der Waals surface area contributed by atoms with E-state index in [4.69, 9.17) is 4.74 Å². The number of hydrogen-bond acceptors (Lipinski definition) is 3. The Bertz CT molecular complexity index is 423. The zero-order chi connectivity index (χ0) is 16.4. The summed E-state index contributed by atoms with van der Waals surface area (Å²) in [4.78, 5) is 14.3. The second-order valence-corrected chi connectivity index (χ2v) is 6.05. The lowest BCUT2D eigenvalue weighted by atomic mass is 10.2. The van der Waals surface area contributed by atoms with Crippen LogP contribution in [-0.4, -0.2) is 37.0 Å². The lowest BCUT2D eigenvalue weighted by molar-refractivity contribution is -0.117. The Labute approximate surface area is 134 Å². The number of ether oxygens (including phenoxy) is 1. The van der Waals surface area contributed by atoms with Crippen molar-refractivity contribution >= 4 is 11.6 Å². The molecule has 0 aliphatic rings. The normalized spacial score (nSPS) is 11.0. The maximum Gasteiger partial charge on any atom is 0.238 e. The molecule has 0 aliphatic carbocycles. The Kier molecular flexibility index (Phi) is 8.60. The molecule has 1 amide bonds. The second-order valence-electron chi connectivity index (χ2n) is 6.05. The summed E-state index contributed by atoms with van der Waals surface area (Å²) in [5, 5.41) is 2.95. The molecule has 0 heterocycles. The predicted molar refractivity (Wildman–Crippen MR) is 92.4 cm³/mol. The van der Waals surface area contributed by atoms with Crippen LogP contribution < -0.4 is 10.1 Å². The van der Waals surface area contributed by atoms with Gasteiger partial charge in [0.25, 0.3) is 0 Å². The van der Waals surface area contributed by atoms with Gasteiger partial charge in [0.05, 0.1) is 13.2 Å². The molecule has 22 heavy (non-hydrogen) atoms. The molecule has 0 aliphatic heterocycles. The summed E-state index contributed by atoms with van der Waals surface area (Å²) in [5.41, 5.74) is 0.815. The smallest absolute Gasteiger partial charge is 0.238 e. The van der Waals surface area contributed by atoms with E-state index in [2.05, 4.69) is 37.9 Å². The van der Waals surface area contributed by atoms with Crippen LogP contribution in [0.5, 0.6) is 5.75 Å². The fourth-order valence-electron chi connectivity index (χ4n) is 2.20. The molecule has 0 bridgehead atoms. The number of rotatable bonds is 10. The first-order valence-electron chi connectivity index (χ1n) is 8.30. The Morgan fingerprint density at radius 3 is 2.23 bits per heavy atom. The molecule has 1 aromatic carbocycles. The monoisotopic (exact) mass is 306 g/mol. The van der Waals surface area contributed by atoms with E-state index in [1.165, 1.54) is 0 Å². The summed E-state index contributed by atoms with van der Waals surface area (Å²) in [7, 11) is 0. The molecule has 0 atom stereocenters. The molecule has 124 valence electrons. The molecule has 0 saturated carbocycles. The quantitative estimate of drug-likeness (QED) is 0.715. The van der Waals surface area contributed by atoms with Crippen LogP contribution in [-0.2, 0) is 4.79 Å². The maximum atomic E-state index is 12.1. The van der Waals surface area contributed by atoms with Crippen molar-refractivity contribution in [2.45, 2.75) is 40.5 Å². The van der Waals surface area contributed by atoms with Crippen molar-refractivity contribution in [2.75, 3.05) is 31.6 Å². The van der Waals surface area contributed by atoms with Gasteiger partial charge in [-0.25, -0.2) is 0 Å². The molecule has 1 N–H and O–H groups in total. The summed E-state index contributed by atoms with van der Waals surface area (Å²) in [5.74, 6) is 1.38. The van der Waals surface area contributed by atoms with Gasteiger partial charge in [0, 0.05) is 5.69 Å². The van der Waals surface area contributed by atoms with Crippen molar-refractivity contribution in [2.24, 2.45) is 5.92 Å². The number of amides is 1. The minimum absolute atomic E-state index is 0.0396. The summed E-state index contributed by atoms with van der Waals surface area (Å²) >= 11 is 0. The third-order valence-electron chi connectivity index (χ3n) is 3.17. The van der Waals surface area contributed by atoms with Crippen molar-refractivity contribution < 1.29 is 9.53 Å². The van der Waals surface area contributed by atoms with E-state index in [1.54, 1.807) is 0 Å². The Morgan fingerprint density at radius 1 is 1.14 bits per heavy atom. The van der Waals surface area contributed by atoms with Gasteiger partial charge in [-0.05, 0) is 56.1 Å². The van der Waals surface area contributed by atoms with Gasteiger partial charge in [-0.15, -0.1) is 0 Å². The van der Waals surface area contributed by atoms with Crippen LogP contribution in [0.25, 0.3) is 0 Å². The van der Waals surface area contributed by atoms with Crippen molar-refractivity contribution in [3.05, 3.63) is 24.3 Å². The third kappa shape index (κ3) is 7.46. The molecule has 0 fully saturated rings. The molecule has 1 rings (SSSR count). The van der Waals surface area contributed by atoms with E-state index in [-0.39, 0.29) is 5.91 Å². The predicted octanol–water partition coefficient (Wildman–Crippen LogP) is 3.78. The Hall–Kier alpha value is -1.55.